The van der Waals surface area contributed by atoms with Gasteiger partial charge in [0.1, 0.15) is 0 Å². The summed E-state index contributed by atoms with van der Waals surface area (Å²) in [5.41, 5.74) is 2.22. The highest BCUT2D eigenvalue weighted by Gasteiger charge is 2.10. The molecule has 0 saturated carbocycles. The molecule has 0 unspecified atom stereocenters. The van der Waals surface area contributed by atoms with Gasteiger partial charge in [-0.2, -0.15) is 0 Å². The van der Waals surface area contributed by atoms with Crippen LogP contribution in [0.1, 0.15) is 0 Å². The van der Waals surface area contributed by atoms with Crippen LogP contribution in [0.5, 0.6) is 0 Å². The van der Waals surface area contributed by atoms with E-state index in [2.05, 4.69) is 9.97 Å². The number of fused-ring (bicyclic) bond motifs is 4. The molecule has 92 valence electrons. The van der Waals surface area contributed by atoms with E-state index in [4.69, 9.17) is 11.6 Å². The van der Waals surface area contributed by atoms with Gasteiger partial charge < -0.3 is 4.98 Å². The second kappa shape index (κ2) is 3.59. The topological polar surface area (TPSA) is 50.2 Å². The molecule has 1 N–H and O–H groups in total. The number of rotatable bonds is 0. The highest BCUT2D eigenvalue weighted by Crippen LogP contribution is 2.18. The van der Waals surface area contributed by atoms with Crippen LogP contribution < -0.4 is 5.56 Å². The van der Waals surface area contributed by atoms with Crippen molar-refractivity contribution in [3.63, 3.8) is 0 Å². The molecule has 19 heavy (non-hydrogen) atoms. The van der Waals surface area contributed by atoms with Crippen LogP contribution in [0.25, 0.3) is 27.7 Å². The summed E-state index contributed by atoms with van der Waals surface area (Å²) in [5, 5.41) is 1.13. The SMILES string of the molecule is O=c1c2ccc(Cl)cc2nc2[nH]c3ccccc3n12. The van der Waals surface area contributed by atoms with Gasteiger partial charge in [0.15, 0.2) is 0 Å². The molecule has 0 aliphatic rings. The standard InChI is InChI=1S/C14H8ClN3O/c15-8-5-6-9-11(7-8)17-14-16-10-3-1-2-4-12(10)18(14)13(9)19/h1-7H,(H,16,17). The van der Waals surface area contributed by atoms with Gasteiger partial charge in [-0.25, -0.2) is 9.38 Å². The second-order valence-corrected chi connectivity index (χ2v) is 4.82. The highest BCUT2D eigenvalue weighted by molar-refractivity contribution is 6.31. The lowest BCUT2D eigenvalue weighted by molar-refractivity contribution is 1.12. The Hall–Kier alpha value is -2.33. The first-order valence-electron chi connectivity index (χ1n) is 5.83. The van der Waals surface area contributed by atoms with E-state index < -0.39 is 0 Å². The van der Waals surface area contributed by atoms with E-state index in [0.717, 1.165) is 11.0 Å². The van der Waals surface area contributed by atoms with Crippen molar-refractivity contribution in [1.29, 1.82) is 0 Å². The summed E-state index contributed by atoms with van der Waals surface area (Å²) in [6, 6.07) is 12.7. The van der Waals surface area contributed by atoms with Crippen molar-refractivity contribution in [2.45, 2.75) is 0 Å². The van der Waals surface area contributed by atoms with Crippen LogP contribution in [-0.4, -0.2) is 14.4 Å². The maximum Gasteiger partial charge on any atom is 0.267 e. The molecule has 4 aromatic rings. The van der Waals surface area contributed by atoms with E-state index in [0.29, 0.717) is 21.7 Å². The van der Waals surface area contributed by atoms with E-state index in [1.165, 1.54) is 0 Å². The van der Waals surface area contributed by atoms with Gasteiger partial charge in [0.2, 0.25) is 5.78 Å². The molecule has 0 radical (unpaired) electrons. The predicted molar refractivity (Wildman–Crippen MR) is 75.8 cm³/mol. The van der Waals surface area contributed by atoms with Crippen LogP contribution >= 0.6 is 11.6 Å². The molecule has 0 saturated heterocycles. The number of aromatic amines is 1. The Bertz CT molecular complexity index is 1000. The number of halogens is 1. The Balaban J connectivity index is 2.34. The van der Waals surface area contributed by atoms with Gasteiger partial charge in [-0.3, -0.25) is 4.79 Å². The minimum absolute atomic E-state index is 0.0888. The van der Waals surface area contributed by atoms with Crippen LogP contribution in [0, 0.1) is 0 Å². The van der Waals surface area contributed by atoms with E-state index in [-0.39, 0.29) is 5.56 Å². The Morgan fingerprint density at radius 2 is 2.00 bits per heavy atom. The van der Waals surface area contributed by atoms with Crippen molar-refractivity contribution in [2.24, 2.45) is 0 Å². The Morgan fingerprint density at radius 3 is 2.89 bits per heavy atom. The summed E-state index contributed by atoms with van der Waals surface area (Å²) < 4.78 is 1.59. The fraction of sp³-hybridized carbons (Fsp3) is 0. The summed E-state index contributed by atoms with van der Waals surface area (Å²) >= 11 is 5.94. The van der Waals surface area contributed by atoms with Crippen molar-refractivity contribution in [3.8, 4) is 0 Å². The first-order valence-corrected chi connectivity index (χ1v) is 6.20. The fourth-order valence-corrected chi connectivity index (χ4v) is 2.53. The zero-order chi connectivity index (χ0) is 13.0. The molecule has 0 fully saturated rings. The van der Waals surface area contributed by atoms with Gasteiger partial charge >= 0.3 is 0 Å². The third-order valence-corrected chi connectivity index (χ3v) is 3.46. The average molecular weight is 270 g/mol. The Kier molecular flexibility index (Phi) is 2.00. The lowest BCUT2D eigenvalue weighted by Crippen LogP contribution is -2.13. The molecule has 0 bridgehead atoms. The van der Waals surface area contributed by atoms with Gasteiger partial charge in [0.05, 0.1) is 21.9 Å². The van der Waals surface area contributed by atoms with E-state index in [9.17, 15) is 4.79 Å². The maximum atomic E-state index is 12.5. The summed E-state index contributed by atoms with van der Waals surface area (Å²) in [5.74, 6) is 0.529. The average Bonchev–Trinajstić information content (AvgIpc) is 2.76. The molecule has 0 atom stereocenters. The molecular formula is C14H8ClN3O. The first kappa shape index (κ1) is 10.6. The second-order valence-electron chi connectivity index (χ2n) is 4.38. The van der Waals surface area contributed by atoms with Gasteiger partial charge in [-0.15, -0.1) is 0 Å². The summed E-state index contributed by atoms with van der Waals surface area (Å²) in [7, 11) is 0. The van der Waals surface area contributed by atoms with Gasteiger partial charge in [-0.1, -0.05) is 23.7 Å². The molecule has 2 heterocycles. The number of aromatic nitrogens is 3. The normalized spacial score (nSPS) is 11.6. The largest absolute Gasteiger partial charge is 0.323 e. The van der Waals surface area contributed by atoms with Crippen molar-refractivity contribution in [1.82, 2.24) is 14.4 Å². The number of hydrogen-bond donors (Lipinski definition) is 1. The zero-order valence-corrected chi connectivity index (χ0v) is 10.5. The lowest BCUT2D eigenvalue weighted by Gasteiger charge is -1.99. The van der Waals surface area contributed by atoms with Crippen LogP contribution in [0.15, 0.2) is 47.3 Å². The molecule has 0 spiro atoms. The Morgan fingerprint density at radius 1 is 1.16 bits per heavy atom. The molecule has 4 nitrogen and oxygen atoms in total. The van der Waals surface area contributed by atoms with Crippen LogP contribution in [0.2, 0.25) is 5.02 Å². The minimum atomic E-state index is -0.0888. The van der Waals surface area contributed by atoms with E-state index >= 15 is 0 Å². The number of imidazole rings is 1. The van der Waals surface area contributed by atoms with Crippen LogP contribution in [-0.2, 0) is 0 Å². The number of benzene rings is 2. The summed E-state index contributed by atoms with van der Waals surface area (Å²) in [6.45, 7) is 0. The highest BCUT2D eigenvalue weighted by atomic mass is 35.5. The number of H-pyrrole nitrogens is 1. The van der Waals surface area contributed by atoms with Crippen molar-refractivity contribution < 1.29 is 0 Å². The summed E-state index contributed by atoms with van der Waals surface area (Å²) in [6.07, 6.45) is 0. The van der Waals surface area contributed by atoms with Gasteiger partial charge in [0.25, 0.3) is 5.56 Å². The molecule has 0 aliphatic carbocycles. The predicted octanol–water partition coefficient (Wildman–Crippen LogP) is 2.98. The molecular weight excluding hydrogens is 262 g/mol. The van der Waals surface area contributed by atoms with Crippen LogP contribution in [0.4, 0.5) is 0 Å². The summed E-state index contributed by atoms with van der Waals surface area (Å²) in [4.78, 5) is 20.1. The van der Waals surface area contributed by atoms with E-state index in [1.54, 1.807) is 22.6 Å². The monoisotopic (exact) mass is 269 g/mol. The van der Waals surface area contributed by atoms with Crippen LogP contribution in [0.3, 0.4) is 0 Å². The number of nitrogens with zero attached hydrogens (tertiary/aromatic N) is 2. The van der Waals surface area contributed by atoms with Crippen molar-refractivity contribution in [3.05, 3.63) is 57.8 Å². The minimum Gasteiger partial charge on any atom is -0.323 e. The van der Waals surface area contributed by atoms with Crippen molar-refractivity contribution >= 4 is 39.3 Å². The lowest BCUT2D eigenvalue weighted by atomic mass is 10.2. The zero-order valence-electron chi connectivity index (χ0n) is 9.72. The quantitative estimate of drug-likeness (QED) is 0.533. The maximum absolute atomic E-state index is 12.5. The molecule has 0 amide bonds. The third-order valence-electron chi connectivity index (χ3n) is 3.22. The smallest absolute Gasteiger partial charge is 0.267 e. The van der Waals surface area contributed by atoms with Crippen molar-refractivity contribution in [2.75, 3.05) is 0 Å². The van der Waals surface area contributed by atoms with E-state index in [1.807, 2.05) is 24.3 Å². The number of nitrogens with one attached hydrogen (secondary N) is 1. The molecule has 2 aromatic carbocycles. The van der Waals surface area contributed by atoms with Gasteiger partial charge in [-0.05, 0) is 30.3 Å². The molecule has 0 aliphatic heterocycles. The fourth-order valence-electron chi connectivity index (χ4n) is 2.36. The third kappa shape index (κ3) is 1.40. The molecule has 4 rings (SSSR count). The number of hydrogen-bond acceptors (Lipinski definition) is 2. The van der Waals surface area contributed by atoms with Gasteiger partial charge in [0, 0.05) is 5.02 Å². The molecule has 2 aromatic heterocycles. The number of para-hydroxylation sites is 2. The molecule has 5 heteroatoms. The Labute approximate surface area is 112 Å². The first-order chi connectivity index (χ1) is 9.24.